The molecule has 0 radical (unpaired) electrons. The molecule has 1 aromatic rings. The standard InChI is InChI=1S/C16H23N3O2S/c1-3-12-22(20,21)19-10-8-18(9-11-19)16(13-17)15-6-4-14(2)5-7-15/h4-7,16H,3,8-12H2,1-2H3. The molecule has 1 fully saturated rings. The van der Waals surface area contributed by atoms with Crippen molar-refractivity contribution in [3.63, 3.8) is 0 Å². The van der Waals surface area contributed by atoms with Crippen molar-refractivity contribution in [2.75, 3.05) is 31.9 Å². The van der Waals surface area contributed by atoms with Crippen LogP contribution in [0.4, 0.5) is 0 Å². The molecule has 120 valence electrons. The highest BCUT2D eigenvalue weighted by atomic mass is 32.2. The molecule has 1 aliphatic heterocycles. The van der Waals surface area contributed by atoms with E-state index in [0.717, 1.165) is 11.1 Å². The van der Waals surface area contributed by atoms with Gasteiger partial charge in [0, 0.05) is 26.2 Å². The summed E-state index contributed by atoms with van der Waals surface area (Å²) in [5.74, 6) is 0.201. The molecule has 0 aromatic heterocycles. The van der Waals surface area contributed by atoms with Crippen LogP contribution < -0.4 is 0 Å². The van der Waals surface area contributed by atoms with Crippen molar-refractivity contribution in [2.24, 2.45) is 0 Å². The van der Waals surface area contributed by atoms with Crippen molar-refractivity contribution in [2.45, 2.75) is 26.3 Å². The summed E-state index contributed by atoms with van der Waals surface area (Å²) in [5, 5.41) is 9.49. The predicted octanol–water partition coefficient (Wildman–Crippen LogP) is 1.92. The minimum absolute atomic E-state index is 0.201. The molecule has 0 saturated carbocycles. The minimum atomic E-state index is -3.14. The van der Waals surface area contributed by atoms with Crippen LogP contribution in [0.25, 0.3) is 0 Å². The summed E-state index contributed by atoms with van der Waals surface area (Å²) in [5.41, 5.74) is 2.13. The van der Waals surface area contributed by atoms with E-state index in [1.54, 1.807) is 4.31 Å². The van der Waals surface area contributed by atoms with Gasteiger partial charge in [-0.2, -0.15) is 9.57 Å². The SMILES string of the molecule is CCCS(=O)(=O)N1CCN(C(C#N)c2ccc(C)cc2)CC1. The molecule has 1 atom stereocenters. The molecular formula is C16H23N3O2S. The summed E-state index contributed by atoms with van der Waals surface area (Å²) in [7, 11) is -3.14. The third kappa shape index (κ3) is 3.86. The average molecular weight is 321 g/mol. The fourth-order valence-corrected chi connectivity index (χ4v) is 4.24. The minimum Gasteiger partial charge on any atom is -0.282 e. The third-order valence-electron chi connectivity index (χ3n) is 4.01. The first-order chi connectivity index (χ1) is 10.5. The van der Waals surface area contributed by atoms with Gasteiger partial charge < -0.3 is 0 Å². The van der Waals surface area contributed by atoms with Crippen LogP contribution in [0, 0.1) is 18.3 Å². The second kappa shape index (κ2) is 7.23. The van der Waals surface area contributed by atoms with E-state index in [9.17, 15) is 13.7 Å². The van der Waals surface area contributed by atoms with Crippen molar-refractivity contribution in [3.8, 4) is 6.07 Å². The number of benzene rings is 1. The lowest BCUT2D eigenvalue weighted by Gasteiger charge is -2.36. The van der Waals surface area contributed by atoms with Crippen LogP contribution in [0.3, 0.4) is 0 Å². The van der Waals surface area contributed by atoms with E-state index in [-0.39, 0.29) is 11.8 Å². The molecule has 22 heavy (non-hydrogen) atoms. The fraction of sp³-hybridized carbons (Fsp3) is 0.562. The zero-order chi connectivity index (χ0) is 16.2. The zero-order valence-corrected chi connectivity index (χ0v) is 14.0. The lowest BCUT2D eigenvalue weighted by atomic mass is 10.0. The summed E-state index contributed by atoms with van der Waals surface area (Å²) in [6, 6.07) is 9.99. The second-order valence-corrected chi connectivity index (χ2v) is 7.78. The summed E-state index contributed by atoms with van der Waals surface area (Å²) < 4.78 is 25.7. The molecule has 2 rings (SSSR count). The smallest absolute Gasteiger partial charge is 0.214 e. The lowest BCUT2D eigenvalue weighted by Crippen LogP contribution is -2.49. The molecule has 0 spiro atoms. The predicted molar refractivity (Wildman–Crippen MR) is 86.8 cm³/mol. The second-order valence-electron chi connectivity index (χ2n) is 5.69. The highest BCUT2D eigenvalue weighted by Gasteiger charge is 2.29. The topological polar surface area (TPSA) is 64.4 Å². The van der Waals surface area contributed by atoms with Crippen molar-refractivity contribution in [1.29, 1.82) is 5.26 Å². The van der Waals surface area contributed by atoms with Crippen molar-refractivity contribution >= 4 is 10.0 Å². The number of rotatable bonds is 5. The first-order valence-corrected chi connectivity index (χ1v) is 9.27. The maximum atomic E-state index is 12.1. The van der Waals surface area contributed by atoms with Gasteiger partial charge in [-0.1, -0.05) is 36.8 Å². The molecule has 1 aliphatic rings. The van der Waals surface area contributed by atoms with Crippen molar-refractivity contribution in [3.05, 3.63) is 35.4 Å². The van der Waals surface area contributed by atoms with Gasteiger partial charge in [-0.25, -0.2) is 8.42 Å². The van der Waals surface area contributed by atoms with Gasteiger partial charge in [-0.15, -0.1) is 0 Å². The van der Waals surface area contributed by atoms with Gasteiger partial charge in [0.1, 0.15) is 6.04 Å². The molecule has 5 nitrogen and oxygen atoms in total. The van der Waals surface area contributed by atoms with Crippen molar-refractivity contribution in [1.82, 2.24) is 9.21 Å². The largest absolute Gasteiger partial charge is 0.282 e. The van der Waals surface area contributed by atoms with Gasteiger partial charge >= 0.3 is 0 Å². The lowest BCUT2D eigenvalue weighted by molar-refractivity contribution is 0.162. The number of sulfonamides is 1. The van der Waals surface area contributed by atoms with E-state index >= 15 is 0 Å². The molecule has 0 aliphatic carbocycles. The molecule has 1 heterocycles. The van der Waals surface area contributed by atoms with Gasteiger partial charge in [-0.05, 0) is 18.9 Å². The fourth-order valence-electron chi connectivity index (χ4n) is 2.74. The first kappa shape index (κ1) is 16.9. The summed E-state index contributed by atoms with van der Waals surface area (Å²) in [6.45, 7) is 6.00. The van der Waals surface area contributed by atoms with Crippen LogP contribution in [0.1, 0.15) is 30.5 Å². The Morgan fingerprint density at radius 3 is 2.27 bits per heavy atom. The van der Waals surface area contributed by atoms with Gasteiger partial charge in [0.15, 0.2) is 0 Å². The molecule has 1 saturated heterocycles. The Balaban J connectivity index is 2.04. The van der Waals surface area contributed by atoms with E-state index in [2.05, 4.69) is 11.0 Å². The van der Waals surface area contributed by atoms with Gasteiger partial charge in [0.25, 0.3) is 0 Å². The molecule has 0 amide bonds. The van der Waals surface area contributed by atoms with Gasteiger partial charge in [0.2, 0.25) is 10.0 Å². The van der Waals surface area contributed by atoms with E-state index in [4.69, 9.17) is 0 Å². The van der Waals surface area contributed by atoms with Crippen LogP contribution in [0.15, 0.2) is 24.3 Å². The summed E-state index contributed by atoms with van der Waals surface area (Å²) in [4.78, 5) is 2.06. The number of piperazine rings is 1. The van der Waals surface area contributed by atoms with Gasteiger partial charge in [-0.3, -0.25) is 4.90 Å². The Kier molecular flexibility index (Phi) is 5.57. The Morgan fingerprint density at radius 1 is 1.18 bits per heavy atom. The number of nitrogens with zero attached hydrogens (tertiary/aromatic N) is 3. The van der Waals surface area contributed by atoms with E-state index in [1.165, 1.54) is 0 Å². The third-order valence-corrected chi connectivity index (χ3v) is 6.09. The Labute approximate surface area is 133 Å². The molecular weight excluding hydrogens is 298 g/mol. The Bertz CT molecular complexity index is 626. The Morgan fingerprint density at radius 2 is 1.77 bits per heavy atom. The van der Waals surface area contributed by atoms with Gasteiger partial charge in [0.05, 0.1) is 11.8 Å². The van der Waals surface area contributed by atoms with E-state index < -0.39 is 10.0 Å². The quantitative estimate of drug-likeness (QED) is 0.831. The highest BCUT2D eigenvalue weighted by Crippen LogP contribution is 2.22. The number of hydrogen-bond donors (Lipinski definition) is 0. The number of nitriles is 1. The molecule has 6 heteroatoms. The number of hydrogen-bond acceptors (Lipinski definition) is 4. The highest BCUT2D eigenvalue weighted by molar-refractivity contribution is 7.89. The van der Waals surface area contributed by atoms with E-state index in [0.29, 0.717) is 32.6 Å². The van der Waals surface area contributed by atoms with Crippen LogP contribution in [-0.2, 0) is 10.0 Å². The average Bonchev–Trinajstić information content (AvgIpc) is 2.50. The van der Waals surface area contributed by atoms with Crippen molar-refractivity contribution < 1.29 is 8.42 Å². The van der Waals surface area contributed by atoms with E-state index in [1.807, 2.05) is 38.1 Å². The first-order valence-electron chi connectivity index (χ1n) is 7.66. The molecule has 1 aromatic carbocycles. The zero-order valence-electron chi connectivity index (χ0n) is 13.2. The summed E-state index contributed by atoms with van der Waals surface area (Å²) in [6.07, 6.45) is 0.632. The molecule has 1 unspecified atom stereocenters. The monoisotopic (exact) mass is 321 g/mol. The number of aryl methyl sites for hydroxylation is 1. The molecule has 0 bridgehead atoms. The maximum absolute atomic E-state index is 12.1. The van der Waals surface area contributed by atoms with Crippen LogP contribution >= 0.6 is 0 Å². The Hall–Kier alpha value is -1.42. The maximum Gasteiger partial charge on any atom is 0.214 e. The normalized spacial score (nSPS) is 18.8. The van der Waals surface area contributed by atoms with Crippen LogP contribution in [-0.4, -0.2) is 49.6 Å². The summed E-state index contributed by atoms with van der Waals surface area (Å²) >= 11 is 0. The molecule has 0 N–H and O–H groups in total. The van der Waals surface area contributed by atoms with Crippen LogP contribution in [0.2, 0.25) is 0 Å². The van der Waals surface area contributed by atoms with Crippen LogP contribution in [0.5, 0.6) is 0 Å².